The van der Waals surface area contributed by atoms with Crippen LogP contribution in [0.2, 0.25) is 6.32 Å². The molecule has 0 N–H and O–H groups in total. The predicted octanol–water partition coefficient (Wildman–Crippen LogP) is 15.3. The molecule has 1 atom stereocenters. The molecule has 13 rings (SSSR count). The van der Waals surface area contributed by atoms with Crippen molar-refractivity contribution < 1.29 is 4.42 Å². The summed E-state index contributed by atoms with van der Waals surface area (Å²) in [6.07, 6.45) is 4.36. The van der Waals surface area contributed by atoms with Crippen molar-refractivity contribution in [2.75, 3.05) is 9.80 Å². The van der Waals surface area contributed by atoms with Crippen molar-refractivity contribution >= 4 is 84.4 Å². The average Bonchev–Trinajstić information content (AvgIpc) is 3.96. The van der Waals surface area contributed by atoms with E-state index in [0.29, 0.717) is 5.92 Å². The van der Waals surface area contributed by atoms with Gasteiger partial charge in [0, 0.05) is 49.3 Å². The van der Waals surface area contributed by atoms with Crippen molar-refractivity contribution in [2.45, 2.75) is 76.9 Å². The number of nitrogens with zero attached hydrogens (tertiary/aromatic N) is 2. The number of furan rings is 1. The number of para-hydroxylation sites is 3. The van der Waals surface area contributed by atoms with Crippen LogP contribution in [0.1, 0.15) is 80.7 Å². The summed E-state index contributed by atoms with van der Waals surface area (Å²) in [6.45, 7) is 12.2. The molecule has 0 saturated heterocycles. The van der Waals surface area contributed by atoms with Crippen LogP contribution in [-0.2, 0) is 10.8 Å². The third-order valence-corrected chi connectivity index (χ3v) is 16.5. The van der Waals surface area contributed by atoms with Gasteiger partial charge in [-0.25, -0.2) is 0 Å². The fourth-order valence-corrected chi connectivity index (χ4v) is 13.4. The number of thiophene rings is 1. The highest BCUT2D eigenvalue weighted by molar-refractivity contribution is 7.22. The maximum absolute atomic E-state index is 7.28. The minimum Gasteiger partial charge on any atom is -0.469 e. The molecule has 4 aliphatic rings. The Morgan fingerprint density at radius 3 is 2.02 bits per heavy atom. The molecule has 7 aromatic carbocycles. The van der Waals surface area contributed by atoms with E-state index in [1.807, 2.05) is 11.3 Å². The van der Waals surface area contributed by atoms with Crippen LogP contribution < -0.4 is 20.9 Å². The summed E-state index contributed by atoms with van der Waals surface area (Å²) in [6, 6.07) is 57.0. The van der Waals surface area contributed by atoms with E-state index >= 15 is 0 Å². The smallest absolute Gasteiger partial charge is 0.261 e. The second-order valence-electron chi connectivity index (χ2n) is 19.8. The Morgan fingerprint density at radius 1 is 0.619 bits per heavy atom. The lowest BCUT2D eigenvalue weighted by atomic mass is 9.36. The highest BCUT2D eigenvalue weighted by atomic mass is 32.1. The molecule has 63 heavy (non-hydrogen) atoms. The minimum atomic E-state index is 0.0463. The molecule has 4 heterocycles. The van der Waals surface area contributed by atoms with Crippen molar-refractivity contribution in [1.29, 1.82) is 0 Å². The lowest BCUT2D eigenvalue weighted by Gasteiger charge is -2.44. The van der Waals surface area contributed by atoms with Gasteiger partial charge in [0.15, 0.2) is 0 Å². The Kier molecular flexibility index (Phi) is 7.90. The maximum Gasteiger partial charge on any atom is 0.261 e. The highest BCUT2D eigenvalue weighted by Crippen LogP contribution is 2.59. The van der Waals surface area contributed by atoms with E-state index in [1.165, 1.54) is 93.8 Å². The van der Waals surface area contributed by atoms with Crippen LogP contribution in [0, 0.1) is 6.92 Å². The summed E-state index contributed by atoms with van der Waals surface area (Å²) < 4.78 is 8.66. The Morgan fingerprint density at radius 2 is 1.27 bits per heavy atom. The van der Waals surface area contributed by atoms with Crippen molar-refractivity contribution in [1.82, 2.24) is 0 Å². The molecular weight excluding hydrogens is 784 g/mol. The van der Waals surface area contributed by atoms with Gasteiger partial charge in [0.05, 0.1) is 11.3 Å². The first kappa shape index (κ1) is 37.3. The van der Waals surface area contributed by atoms with E-state index < -0.39 is 0 Å². The van der Waals surface area contributed by atoms with Gasteiger partial charge in [-0.2, -0.15) is 0 Å². The lowest BCUT2D eigenvalue weighted by molar-refractivity contribution is 0.332. The predicted molar refractivity (Wildman–Crippen MR) is 268 cm³/mol. The number of hydrogen-bond acceptors (Lipinski definition) is 4. The number of aryl methyl sites for hydroxylation is 1. The van der Waals surface area contributed by atoms with Crippen LogP contribution in [0.25, 0.3) is 42.6 Å². The fraction of sp³-hybridized carbons (Fsp3) is 0.207. The Hall–Kier alpha value is -6.30. The van der Waals surface area contributed by atoms with Crippen LogP contribution >= 0.6 is 11.3 Å². The van der Waals surface area contributed by atoms with Crippen LogP contribution in [0.5, 0.6) is 0 Å². The van der Waals surface area contributed by atoms with Gasteiger partial charge in [-0.3, -0.25) is 0 Å². The van der Waals surface area contributed by atoms with Crippen molar-refractivity contribution in [3.63, 3.8) is 0 Å². The van der Waals surface area contributed by atoms with Gasteiger partial charge in [0.2, 0.25) is 0 Å². The molecule has 0 amide bonds. The van der Waals surface area contributed by atoms with Gasteiger partial charge in [0.1, 0.15) is 5.58 Å². The van der Waals surface area contributed by atoms with Gasteiger partial charge in [-0.15, -0.1) is 11.3 Å². The van der Waals surface area contributed by atoms with Gasteiger partial charge >= 0.3 is 0 Å². The Bertz CT molecular complexity index is 3300. The number of hydrogen-bond donors (Lipinski definition) is 0. The highest BCUT2D eigenvalue weighted by Gasteiger charge is 2.46. The second kappa shape index (κ2) is 13.4. The lowest BCUT2D eigenvalue weighted by Crippen LogP contribution is -2.50. The van der Waals surface area contributed by atoms with E-state index in [0.717, 1.165) is 47.5 Å². The quantitative estimate of drug-likeness (QED) is 0.165. The van der Waals surface area contributed by atoms with Crippen LogP contribution in [0.4, 0.5) is 34.1 Å². The first-order valence-electron chi connectivity index (χ1n) is 22.9. The first-order valence-corrected chi connectivity index (χ1v) is 23.7. The second-order valence-corrected chi connectivity index (χ2v) is 20.9. The molecule has 0 saturated carbocycles. The fourth-order valence-electron chi connectivity index (χ4n) is 12.1. The van der Waals surface area contributed by atoms with E-state index in [2.05, 4.69) is 196 Å². The molecule has 9 aromatic rings. The molecule has 0 radical (unpaired) electrons. The van der Waals surface area contributed by atoms with E-state index in [-0.39, 0.29) is 17.5 Å². The molecule has 3 nitrogen and oxygen atoms in total. The molecule has 2 aromatic heterocycles. The van der Waals surface area contributed by atoms with E-state index in [1.54, 1.807) is 0 Å². The molecule has 2 aliphatic heterocycles. The molecule has 306 valence electrons. The third-order valence-electron chi connectivity index (χ3n) is 15.3. The molecule has 5 heteroatoms. The van der Waals surface area contributed by atoms with Crippen LogP contribution in [0.15, 0.2) is 156 Å². The number of anilines is 6. The monoisotopic (exact) mass is 832 g/mol. The van der Waals surface area contributed by atoms with Crippen LogP contribution in [-0.4, -0.2) is 6.71 Å². The summed E-state index contributed by atoms with van der Waals surface area (Å²) in [5.41, 5.74) is 22.0. The van der Waals surface area contributed by atoms with Crippen molar-refractivity contribution in [3.05, 3.63) is 179 Å². The SMILES string of the molecule is Cc1cc2c(cc1N1c3cc(N(c4ccccc4)c4ccccc4)cc4c3B(CCC3c5c-4cccc5-c4sc5ccccc5c43)c3oc4ccccc4c31)C(C)(C)CCC2(C)C. The molecule has 2 aliphatic carbocycles. The van der Waals surface area contributed by atoms with Gasteiger partial charge in [0.25, 0.3) is 6.71 Å². The molecule has 1 unspecified atom stereocenters. The zero-order chi connectivity index (χ0) is 42.4. The minimum absolute atomic E-state index is 0.0463. The Labute approximate surface area is 374 Å². The van der Waals surface area contributed by atoms with E-state index in [4.69, 9.17) is 4.42 Å². The molecular formula is C58H49BN2OS. The average molecular weight is 833 g/mol. The number of benzene rings is 7. The maximum atomic E-state index is 7.28. The summed E-state index contributed by atoms with van der Waals surface area (Å²) in [5, 5.41) is 2.58. The van der Waals surface area contributed by atoms with Gasteiger partial charge < -0.3 is 14.2 Å². The molecule has 0 fully saturated rings. The standard InChI is InChI=1S/C58H49BN2OS/c1-35-31-45-46(58(4,5)29-28-57(45,2)3)34-47(35)61-48-33-38(60(36-17-8-6-9-18-36)37-19-10-7-11-20-37)32-44-39-23-16-24-43-51(39)42(52-41-22-13-15-26-50(41)63-55(43)52)27-30-59(53(44)48)56-54(61)40-21-12-14-25-49(40)62-56/h6-26,31-34,42H,27-30H2,1-5H3. The summed E-state index contributed by atoms with van der Waals surface area (Å²) >= 11 is 1.97. The van der Waals surface area contributed by atoms with Gasteiger partial charge in [-0.05, 0) is 153 Å². The third kappa shape index (κ3) is 5.32. The first-order chi connectivity index (χ1) is 30.7. The molecule has 0 bridgehead atoms. The summed E-state index contributed by atoms with van der Waals surface area (Å²) in [4.78, 5) is 6.54. The molecule has 0 spiro atoms. The normalized spacial score (nSPS) is 17.4. The van der Waals surface area contributed by atoms with E-state index in [9.17, 15) is 0 Å². The largest absolute Gasteiger partial charge is 0.469 e. The zero-order valence-electron chi connectivity index (χ0n) is 36.6. The number of rotatable bonds is 4. The Balaban J connectivity index is 1.17. The summed E-state index contributed by atoms with van der Waals surface area (Å²) in [7, 11) is 0. The topological polar surface area (TPSA) is 19.6 Å². The van der Waals surface area contributed by atoms with Crippen molar-refractivity contribution in [2.24, 2.45) is 0 Å². The number of fused-ring (bicyclic) bond motifs is 11. The van der Waals surface area contributed by atoms with Crippen molar-refractivity contribution in [3.8, 4) is 21.6 Å². The zero-order valence-corrected chi connectivity index (χ0v) is 37.4. The van der Waals surface area contributed by atoms with Crippen LogP contribution in [0.3, 0.4) is 0 Å². The summed E-state index contributed by atoms with van der Waals surface area (Å²) in [5.74, 6) is 0.293. The van der Waals surface area contributed by atoms with Gasteiger partial charge in [-0.1, -0.05) is 125 Å².